The van der Waals surface area contributed by atoms with Crippen molar-refractivity contribution in [3.63, 3.8) is 0 Å². The van der Waals surface area contributed by atoms with Crippen molar-refractivity contribution in [3.8, 4) is 0 Å². The maximum Gasteiger partial charge on any atom is 0.494 e. The van der Waals surface area contributed by atoms with Crippen LogP contribution in [0.1, 0.15) is 0 Å². The number of benzene rings is 1. The maximum atomic E-state index is 10.4. The summed E-state index contributed by atoms with van der Waals surface area (Å²) < 4.78 is 46.3. The van der Waals surface area contributed by atoms with Gasteiger partial charge in [0.15, 0.2) is 12.6 Å². The number of ether oxygens (including phenoxy) is 4. The van der Waals surface area contributed by atoms with Gasteiger partial charge in [-0.05, 0) is 10.9 Å². The number of hydrogen-bond acceptors (Lipinski definition) is 10. The molecular weight excluding hydrogens is 398 g/mol. The lowest BCUT2D eigenvalue weighted by molar-refractivity contribution is -0.243. The minimum Gasteiger partial charge on any atom is -0.399 e. The number of aliphatic hydroxyl groups excluding tert-OH is 2. The van der Waals surface area contributed by atoms with Crippen LogP contribution >= 0.6 is 0 Å². The molecule has 12 heteroatoms. The van der Waals surface area contributed by atoms with Gasteiger partial charge in [-0.2, -0.15) is 0 Å². The highest BCUT2D eigenvalue weighted by molar-refractivity contribution is 6.63. The van der Waals surface area contributed by atoms with E-state index in [9.17, 15) is 10.2 Å². The summed E-state index contributed by atoms with van der Waals surface area (Å²) >= 11 is 0. The van der Waals surface area contributed by atoms with Crippen molar-refractivity contribution < 1.29 is 47.8 Å². The van der Waals surface area contributed by atoms with Crippen LogP contribution in [-0.2, 0) is 37.6 Å². The van der Waals surface area contributed by atoms with E-state index in [2.05, 4.69) is 0 Å². The quantitative estimate of drug-likeness (QED) is 0.479. The average Bonchev–Trinajstić information content (AvgIpc) is 3.40. The van der Waals surface area contributed by atoms with Crippen LogP contribution in [-0.4, -0.2) is 99.1 Å². The summed E-state index contributed by atoms with van der Waals surface area (Å²) in [7, 11) is -1.25. The molecule has 0 aromatic heterocycles. The molecule has 6 aliphatic rings. The van der Waals surface area contributed by atoms with Gasteiger partial charge in [0.25, 0.3) is 0 Å². The predicted molar refractivity (Wildman–Crippen MR) is 97.9 cm³/mol. The first-order valence-electron chi connectivity index (χ1n) is 10.3. The van der Waals surface area contributed by atoms with Crippen molar-refractivity contribution in [3.05, 3.63) is 24.3 Å². The van der Waals surface area contributed by atoms with E-state index in [4.69, 9.17) is 37.6 Å². The Morgan fingerprint density at radius 2 is 1.03 bits per heavy atom. The van der Waals surface area contributed by atoms with E-state index >= 15 is 0 Å². The van der Waals surface area contributed by atoms with Gasteiger partial charge in [-0.25, -0.2) is 0 Å². The number of hydrogen-bond donors (Lipinski definition) is 2. The molecule has 6 saturated heterocycles. The Morgan fingerprint density at radius 3 is 1.47 bits per heavy atom. The van der Waals surface area contributed by atoms with Crippen molar-refractivity contribution in [1.29, 1.82) is 0 Å². The third kappa shape index (κ3) is 2.64. The normalized spacial score (nSPS) is 48.9. The smallest absolute Gasteiger partial charge is 0.399 e. The Kier molecular flexibility index (Phi) is 4.15. The molecule has 6 heterocycles. The highest BCUT2D eigenvalue weighted by atomic mass is 16.8. The van der Waals surface area contributed by atoms with Gasteiger partial charge in [0.1, 0.15) is 48.8 Å². The molecule has 30 heavy (non-hydrogen) atoms. The summed E-state index contributed by atoms with van der Waals surface area (Å²) in [5, 5.41) is 20.8. The molecule has 6 fully saturated rings. The van der Waals surface area contributed by atoms with Crippen molar-refractivity contribution in [2.45, 2.75) is 61.4 Å². The molecule has 0 aliphatic carbocycles. The standard InChI is InChI=1S/C18H20B2O10/c21-11-13-9-5-23-17(25-9)15(11)29-19(27-13)7-1-2-8(4-3-7)20-28-14-10-6-24-18(26-10)16(30-20)12(14)22/h1-4,9-18,21-22H,5-6H2/t9-,10-,11+,12+,13?,14?,15?,16?,17-,18-/m1/s1. The molecule has 2 N–H and O–H groups in total. The third-order valence-electron chi connectivity index (χ3n) is 6.69. The number of rotatable bonds is 2. The minimum absolute atomic E-state index is 0.290. The molecule has 4 unspecified atom stereocenters. The van der Waals surface area contributed by atoms with Crippen molar-refractivity contribution >= 4 is 25.2 Å². The van der Waals surface area contributed by atoms with Crippen LogP contribution in [0.5, 0.6) is 0 Å². The number of aliphatic hydroxyl groups is 2. The predicted octanol–water partition coefficient (Wildman–Crippen LogP) is -3.12. The minimum atomic E-state index is -0.776. The second-order valence-electron chi connectivity index (χ2n) is 8.47. The Bertz CT molecular complexity index is 721. The van der Waals surface area contributed by atoms with Crippen molar-refractivity contribution in [2.24, 2.45) is 0 Å². The Labute approximate surface area is 172 Å². The lowest BCUT2D eigenvalue weighted by Gasteiger charge is -2.45. The molecule has 6 aliphatic heterocycles. The zero-order valence-electron chi connectivity index (χ0n) is 15.8. The van der Waals surface area contributed by atoms with E-state index in [1.807, 2.05) is 24.3 Å². The second-order valence-corrected chi connectivity index (χ2v) is 8.47. The monoisotopic (exact) mass is 418 g/mol. The molecule has 1 aromatic rings. The Morgan fingerprint density at radius 1 is 0.633 bits per heavy atom. The fourth-order valence-electron chi connectivity index (χ4n) is 5.09. The third-order valence-corrected chi connectivity index (χ3v) is 6.69. The van der Waals surface area contributed by atoms with E-state index in [-0.39, 0.29) is 12.2 Å². The van der Waals surface area contributed by atoms with Gasteiger partial charge in [0.05, 0.1) is 13.2 Å². The Balaban J connectivity index is 1.10. The molecule has 0 amide bonds. The van der Waals surface area contributed by atoms with E-state index in [1.54, 1.807) is 0 Å². The molecule has 158 valence electrons. The van der Waals surface area contributed by atoms with Gasteiger partial charge in [-0.1, -0.05) is 24.3 Å². The number of fused-ring (bicyclic) bond motifs is 12. The van der Waals surface area contributed by atoms with Gasteiger partial charge >= 0.3 is 14.2 Å². The molecule has 7 rings (SSSR count). The van der Waals surface area contributed by atoms with E-state index in [0.29, 0.717) is 13.2 Å². The first kappa shape index (κ1) is 18.5. The van der Waals surface area contributed by atoms with Gasteiger partial charge < -0.3 is 47.8 Å². The van der Waals surface area contributed by atoms with Gasteiger partial charge in [-0.15, -0.1) is 0 Å². The summed E-state index contributed by atoms with van der Waals surface area (Å²) in [4.78, 5) is 0. The lowest BCUT2D eigenvalue weighted by atomic mass is 9.71. The summed E-state index contributed by atoms with van der Waals surface area (Å²) in [6.07, 6.45) is -5.43. The summed E-state index contributed by atoms with van der Waals surface area (Å²) in [6, 6.07) is 7.52. The van der Waals surface area contributed by atoms with Crippen LogP contribution in [0.4, 0.5) is 0 Å². The van der Waals surface area contributed by atoms with Crippen LogP contribution in [0.25, 0.3) is 0 Å². The van der Waals surface area contributed by atoms with Crippen molar-refractivity contribution in [2.75, 3.05) is 13.2 Å². The van der Waals surface area contributed by atoms with Gasteiger partial charge in [0, 0.05) is 0 Å². The van der Waals surface area contributed by atoms with Crippen LogP contribution in [0.3, 0.4) is 0 Å². The van der Waals surface area contributed by atoms with Gasteiger partial charge in [0.2, 0.25) is 0 Å². The fraction of sp³-hybridized carbons (Fsp3) is 0.667. The molecule has 10 nitrogen and oxygen atoms in total. The highest BCUT2D eigenvalue weighted by Gasteiger charge is 2.58. The van der Waals surface area contributed by atoms with E-state index in [1.165, 1.54) is 0 Å². The van der Waals surface area contributed by atoms with Crippen LogP contribution < -0.4 is 10.9 Å². The SMILES string of the molecule is O[C@@H]1C2OB(c3ccc(B4OC5[C@@H]6OC[C@@H](O6)C(O4)[C@@H]5O)cc3)OC1[C@H]1CO[C@@H]2O1. The van der Waals surface area contributed by atoms with Crippen LogP contribution in [0.15, 0.2) is 24.3 Å². The highest BCUT2D eigenvalue weighted by Crippen LogP contribution is 2.37. The van der Waals surface area contributed by atoms with E-state index < -0.39 is 63.4 Å². The molecule has 0 saturated carbocycles. The molecule has 1 aromatic carbocycles. The Hall–Kier alpha value is -1.05. The first-order valence-corrected chi connectivity index (χ1v) is 10.3. The fourth-order valence-corrected chi connectivity index (χ4v) is 5.09. The molecule has 10 atom stereocenters. The van der Waals surface area contributed by atoms with Crippen molar-refractivity contribution in [1.82, 2.24) is 0 Å². The molecule has 0 spiro atoms. The van der Waals surface area contributed by atoms with Gasteiger partial charge in [-0.3, -0.25) is 0 Å². The second kappa shape index (κ2) is 6.72. The largest absolute Gasteiger partial charge is 0.494 e. The summed E-state index contributed by atoms with van der Waals surface area (Å²) in [5.41, 5.74) is 1.62. The maximum absolute atomic E-state index is 10.4. The lowest BCUT2D eigenvalue weighted by Crippen LogP contribution is -2.66. The van der Waals surface area contributed by atoms with E-state index in [0.717, 1.165) is 10.9 Å². The summed E-state index contributed by atoms with van der Waals surface area (Å²) in [6.45, 7) is 0.774. The molecular formula is C18H20B2O10. The molecule has 8 bridgehead atoms. The van der Waals surface area contributed by atoms with Crippen LogP contribution in [0, 0.1) is 0 Å². The zero-order valence-corrected chi connectivity index (χ0v) is 15.8. The first-order chi connectivity index (χ1) is 14.7. The summed E-state index contributed by atoms with van der Waals surface area (Å²) in [5.74, 6) is 0. The van der Waals surface area contributed by atoms with Crippen LogP contribution in [0.2, 0.25) is 0 Å². The topological polar surface area (TPSA) is 114 Å². The average molecular weight is 418 g/mol. The zero-order chi connectivity index (χ0) is 20.0. The molecule has 0 radical (unpaired) electrons.